The first-order chi connectivity index (χ1) is 10.8. The van der Waals surface area contributed by atoms with Crippen molar-refractivity contribution in [3.8, 4) is 11.5 Å². The molecule has 3 heteroatoms. The van der Waals surface area contributed by atoms with E-state index < -0.39 is 0 Å². The van der Waals surface area contributed by atoms with Crippen LogP contribution in [0.5, 0.6) is 11.5 Å². The molecule has 1 aliphatic rings. The van der Waals surface area contributed by atoms with Gasteiger partial charge in [0.15, 0.2) is 0 Å². The molecule has 0 radical (unpaired) electrons. The molecule has 3 nitrogen and oxygen atoms in total. The molecule has 0 amide bonds. The molecular weight excluding hydrogens is 274 g/mol. The minimum absolute atomic E-state index is 0.353. The van der Waals surface area contributed by atoms with Crippen LogP contribution in [-0.4, -0.2) is 25.7 Å². The number of methoxy groups -OCH3 is 2. The minimum Gasteiger partial charge on any atom is -0.496 e. The maximum absolute atomic E-state index is 5.59. The average molecular weight is 297 g/mol. The quantitative estimate of drug-likeness (QED) is 0.831. The fourth-order valence-corrected chi connectivity index (χ4v) is 3.37. The number of rotatable bonds is 5. The van der Waals surface area contributed by atoms with Gasteiger partial charge in [0.05, 0.1) is 19.8 Å². The Morgan fingerprint density at radius 1 is 0.955 bits per heavy atom. The van der Waals surface area contributed by atoms with E-state index >= 15 is 0 Å². The van der Waals surface area contributed by atoms with Gasteiger partial charge in [0, 0.05) is 12.6 Å². The van der Waals surface area contributed by atoms with Crippen LogP contribution in [0, 0.1) is 0 Å². The Hall–Kier alpha value is -2.00. The highest BCUT2D eigenvalue weighted by Crippen LogP contribution is 2.42. The highest BCUT2D eigenvalue weighted by molar-refractivity contribution is 5.47. The largest absolute Gasteiger partial charge is 0.496 e. The van der Waals surface area contributed by atoms with Crippen molar-refractivity contribution in [1.29, 1.82) is 0 Å². The normalized spacial score (nSPS) is 18.4. The average Bonchev–Trinajstić information content (AvgIpc) is 3.02. The van der Waals surface area contributed by atoms with E-state index in [0.29, 0.717) is 6.04 Å². The molecule has 1 heterocycles. The number of likely N-dealkylation sites (tertiary alicyclic amines) is 1. The number of ether oxygens (including phenoxy) is 2. The van der Waals surface area contributed by atoms with Crippen molar-refractivity contribution >= 4 is 0 Å². The molecule has 1 unspecified atom stereocenters. The summed E-state index contributed by atoms with van der Waals surface area (Å²) in [6.07, 6.45) is 2.35. The van der Waals surface area contributed by atoms with Crippen LogP contribution in [-0.2, 0) is 6.54 Å². The zero-order chi connectivity index (χ0) is 15.4. The third kappa shape index (κ3) is 2.95. The van der Waals surface area contributed by atoms with E-state index in [1.165, 1.54) is 17.5 Å². The SMILES string of the molecule is COc1cccc(OC)c1C1CCCN1Cc1ccccc1. The molecule has 1 saturated heterocycles. The molecule has 0 aromatic heterocycles. The summed E-state index contributed by atoms with van der Waals surface area (Å²) in [5, 5.41) is 0. The van der Waals surface area contributed by atoms with E-state index in [1.54, 1.807) is 14.2 Å². The van der Waals surface area contributed by atoms with Crippen molar-refractivity contribution in [3.05, 3.63) is 59.7 Å². The second kappa shape index (κ2) is 6.84. The highest BCUT2D eigenvalue weighted by Gasteiger charge is 2.30. The zero-order valence-corrected chi connectivity index (χ0v) is 13.3. The van der Waals surface area contributed by atoms with E-state index in [4.69, 9.17) is 9.47 Å². The molecule has 2 aromatic carbocycles. The summed E-state index contributed by atoms with van der Waals surface area (Å²) >= 11 is 0. The molecule has 3 rings (SSSR count). The van der Waals surface area contributed by atoms with Gasteiger partial charge < -0.3 is 9.47 Å². The highest BCUT2D eigenvalue weighted by atomic mass is 16.5. The molecule has 1 fully saturated rings. The van der Waals surface area contributed by atoms with Crippen LogP contribution in [0.25, 0.3) is 0 Å². The third-order valence-corrected chi connectivity index (χ3v) is 4.39. The van der Waals surface area contributed by atoms with Gasteiger partial charge in [-0.3, -0.25) is 4.90 Å². The van der Waals surface area contributed by atoms with Crippen molar-refractivity contribution in [2.45, 2.75) is 25.4 Å². The van der Waals surface area contributed by atoms with Gasteiger partial charge in [-0.1, -0.05) is 36.4 Å². The number of benzene rings is 2. The van der Waals surface area contributed by atoms with Crippen LogP contribution in [0.4, 0.5) is 0 Å². The van der Waals surface area contributed by atoms with Crippen molar-refractivity contribution in [1.82, 2.24) is 4.90 Å². The Bertz CT molecular complexity index is 590. The predicted octanol–water partition coefficient (Wildman–Crippen LogP) is 4.04. The van der Waals surface area contributed by atoms with Gasteiger partial charge in [0.2, 0.25) is 0 Å². The molecule has 0 N–H and O–H groups in total. The topological polar surface area (TPSA) is 21.7 Å². The molecule has 0 saturated carbocycles. The van der Waals surface area contributed by atoms with Crippen molar-refractivity contribution in [2.24, 2.45) is 0 Å². The molecule has 1 aliphatic heterocycles. The number of hydrogen-bond acceptors (Lipinski definition) is 3. The van der Waals surface area contributed by atoms with Gasteiger partial charge in [-0.2, -0.15) is 0 Å². The van der Waals surface area contributed by atoms with Crippen molar-refractivity contribution in [2.75, 3.05) is 20.8 Å². The monoisotopic (exact) mass is 297 g/mol. The van der Waals surface area contributed by atoms with Gasteiger partial charge in [-0.05, 0) is 37.1 Å². The molecule has 2 aromatic rings. The maximum Gasteiger partial charge on any atom is 0.127 e. The molecule has 0 spiro atoms. The summed E-state index contributed by atoms with van der Waals surface area (Å²) in [5.41, 5.74) is 2.53. The Balaban J connectivity index is 1.90. The smallest absolute Gasteiger partial charge is 0.127 e. The van der Waals surface area contributed by atoms with Crippen LogP contribution < -0.4 is 9.47 Å². The van der Waals surface area contributed by atoms with Crippen LogP contribution in [0.1, 0.15) is 30.0 Å². The standard InChI is InChI=1S/C19H23NO2/c1-21-17-11-6-12-18(22-2)19(17)16-10-7-13-20(16)14-15-8-4-3-5-9-15/h3-6,8-9,11-12,16H,7,10,13-14H2,1-2H3. The van der Waals surface area contributed by atoms with Crippen LogP contribution >= 0.6 is 0 Å². The van der Waals surface area contributed by atoms with Crippen molar-refractivity contribution < 1.29 is 9.47 Å². The van der Waals surface area contributed by atoms with Crippen LogP contribution in [0.2, 0.25) is 0 Å². The zero-order valence-electron chi connectivity index (χ0n) is 13.3. The Morgan fingerprint density at radius 2 is 1.64 bits per heavy atom. The fourth-order valence-electron chi connectivity index (χ4n) is 3.37. The van der Waals surface area contributed by atoms with Gasteiger partial charge in [-0.25, -0.2) is 0 Å². The lowest BCUT2D eigenvalue weighted by atomic mass is 10.0. The van der Waals surface area contributed by atoms with E-state index in [9.17, 15) is 0 Å². The molecule has 0 aliphatic carbocycles. The lowest BCUT2D eigenvalue weighted by molar-refractivity contribution is 0.237. The van der Waals surface area contributed by atoms with Crippen molar-refractivity contribution in [3.63, 3.8) is 0 Å². The molecular formula is C19H23NO2. The summed E-state index contributed by atoms with van der Waals surface area (Å²) in [5.74, 6) is 1.84. The lowest BCUT2D eigenvalue weighted by Gasteiger charge is -2.27. The van der Waals surface area contributed by atoms with E-state index in [2.05, 4.69) is 35.2 Å². The Kier molecular flexibility index (Phi) is 4.64. The summed E-state index contributed by atoms with van der Waals surface area (Å²) in [4.78, 5) is 2.52. The first kappa shape index (κ1) is 14.9. The first-order valence-electron chi connectivity index (χ1n) is 7.82. The maximum atomic E-state index is 5.59. The second-order valence-corrected chi connectivity index (χ2v) is 5.69. The lowest BCUT2D eigenvalue weighted by Crippen LogP contribution is -2.23. The summed E-state index contributed by atoms with van der Waals surface area (Å²) in [6.45, 7) is 2.08. The Labute approximate surface area is 132 Å². The third-order valence-electron chi connectivity index (χ3n) is 4.39. The van der Waals surface area contributed by atoms with Gasteiger partial charge in [-0.15, -0.1) is 0 Å². The van der Waals surface area contributed by atoms with Gasteiger partial charge >= 0.3 is 0 Å². The van der Waals surface area contributed by atoms with E-state index in [1.807, 2.05) is 18.2 Å². The second-order valence-electron chi connectivity index (χ2n) is 5.69. The fraction of sp³-hybridized carbons (Fsp3) is 0.368. The number of nitrogens with zero attached hydrogens (tertiary/aromatic N) is 1. The van der Waals surface area contributed by atoms with Gasteiger partial charge in [0.1, 0.15) is 11.5 Å². The van der Waals surface area contributed by atoms with Gasteiger partial charge in [0.25, 0.3) is 0 Å². The Morgan fingerprint density at radius 3 is 2.27 bits per heavy atom. The first-order valence-corrected chi connectivity index (χ1v) is 7.82. The van der Waals surface area contributed by atoms with Crippen LogP contribution in [0.3, 0.4) is 0 Å². The molecule has 0 bridgehead atoms. The summed E-state index contributed by atoms with van der Waals surface area (Å²) in [7, 11) is 3.46. The van der Waals surface area contributed by atoms with Crippen LogP contribution in [0.15, 0.2) is 48.5 Å². The number of hydrogen-bond donors (Lipinski definition) is 0. The molecule has 116 valence electrons. The molecule has 22 heavy (non-hydrogen) atoms. The summed E-state index contributed by atoms with van der Waals surface area (Å²) < 4.78 is 11.2. The van der Waals surface area contributed by atoms with E-state index in [0.717, 1.165) is 31.0 Å². The summed E-state index contributed by atoms with van der Waals surface area (Å²) in [6, 6.07) is 17.0. The minimum atomic E-state index is 0.353. The molecule has 1 atom stereocenters. The predicted molar refractivity (Wildman–Crippen MR) is 88.4 cm³/mol. The van der Waals surface area contributed by atoms with E-state index in [-0.39, 0.29) is 0 Å².